The second-order valence-electron chi connectivity index (χ2n) is 3.70. The topological polar surface area (TPSA) is 36.4 Å². The average Bonchev–Trinajstić information content (AvgIpc) is 2.25. The van der Waals surface area contributed by atoms with Crippen LogP contribution in [0.2, 0.25) is 0 Å². The van der Waals surface area contributed by atoms with Crippen molar-refractivity contribution in [3.05, 3.63) is 36.7 Å². The van der Waals surface area contributed by atoms with Gasteiger partial charge in [0, 0.05) is 36.2 Å². The summed E-state index contributed by atoms with van der Waals surface area (Å²) >= 11 is 0. The number of anilines is 1. The predicted molar refractivity (Wildman–Crippen MR) is 62.8 cm³/mol. The summed E-state index contributed by atoms with van der Waals surface area (Å²) in [5.41, 5.74) is 1.88. The van der Waals surface area contributed by atoms with Gasteiger partial charge in [0.2, 0.25) is 0 Å². The lowest BCUT2D eigenvalue weighted by Gasteiger charge is -2.29. The molecule has 1 heterocycles. The molecule has 0 unspecified atom stereocenters. The van der Waals surface area contributed by atoms with Crippen LogP contribution in [0.4, 0.5) is 5.69 Å². The highest BCUT2D eigenvalue weighted by molar-refractivity contribution is 5.53. The SMILES string of the molecule is C=CCN(c1ccncc1CO)C(C)C. The van der Waals surface area contributed by atoms with E-state index in [1.165, 1.54) is 0 Å². The lowest BCUT2D eigenvalue weighted by Crippen LogP contribution is -2.31. The molecule has 82 valence electrons. The number of hydrogen-bond acceptors (Lipinski definition) is 3. The van der Waals surface area contributed by atoms with Crippen molar-refractivity contribution in [2.24, 2.45) is 0 Å². The molecule has 3 heteroatoms. The first-order valence-corrected chi connectivity index (χ1v) is 5.12. The zero-order chi connectivity index (χ0) is 11.3. The van der Waals surface area contributed by atoms with Crippen molar-refractivity contribution in [1.82, 2.24) is 4.98 Å². The molecule has 0 atom stereocenters. The number of hydrogen-bond donors (Lipinski definition) is 1. The van der Waals surface area contributed by atoms with Crippen molar-refractivity contribution in [2.45, 2.75) is 26.5 Å². The van der Waals surface area contributed by atoms with Crippen LogP contribution in [0.3, 0.4) is 0 Å². The summed E-state index contributed by atoms with van der Waals surface area (Å²) in [5, 5.41) is 9.22. The molecule has 1 N–H and O–H groups in total. The van der Waals surface area contributed by atoms with Crippen LogP contribution in [-0.2, 0) is 6.61 Å². The molecule has 0 amide bonds. The summed E-state index contributed by atoms with van der Waals surface area (Å²) in [6.07, 6.45) is 5.31. The third-order valence-corrected chi connectivity index (χ3v) is 2.31. The van der Waals surface area contributed by atoms with Crippen LogP contribution in [0.5, 0.6) is 0 Å². The molecule has 0 spiro atoms. The van der Waals surface area contributed by atoms with Gasteiger partial charge >= 0.3 is 0 Å². The molecule has 1 aromatic rings. The molecular weight excluding hydrogens is 188 g/mol. The van der Waals surface area contributed by atoms with E-state index in [0.717, 1.165) is 17.8 Å². The van der Waals surface area contributed by atoms with E-state index in [2.05, 4.69) is 30.3 Å². The number of nitrogens with zero attached hydrogens (tertiary/aromatic N) is 2. The second-order valence-corrected chi connectivity index (χ2v) is 3.70. The molecule has 15 heavy (non-hydrogen) atoms. The normalized spacial score (nSPS) is 10.4. The highest BCUT2D eigenvalue weighted by Crippen LogP contribution is 2.21. The Bertz CT molecular complexity index is 323. The van der Waals surface area contributed by atoms with Gasteiger partial charge in [0.25, 0.3) is 0 Å². The summed E-state index contributed by atoms with van der Waals surface area (Å²) < 4.78 is 0. The van der Waals surface area contributed by atoms with Crippen molar-refractivity contribution in [3.8, 4) is 0 Å². The predicted octanol–water partition coefficient (Wildman–Crippen LogP) is 1.97. The van der Waals surface area contributed by atoms with Gasteiger partial charge in [-0.3, -0.25) is 4.98 Å². The Morgan fingerprint density at radius 1 is 1.60 bits per heavy atom. The van der Waals surface area contributed by atoms with Gasteiger partial charge in [-0.15, -0.1) is 6.58 Å². The number of aliphatic hydroxyl groups excluding tert-OH is 1. The maximum atomic E-state index is 9.22. The lowest BCUT2D eigenvalue weighted by molar-refractivity contribution is 0.281. The van der Waals surface area contributed by atoms with Crippen LogP contribution >= 0.6 is 0 Å². The third-order valence-electron chi connectivity index (χ3n) is 2.31. The van der Waals surface area contributed by atoms with Gasteiger partial charge in [-0.25, -0.2) is 0 Å². The smallest absolute Gasteiger partial charge is 0.0717 e. The van der Waals surface area contributed by atoms with Crippen LogP contribution in [0.15, 0.2) is 31.1 Å². The summed E-state index contributed by atoms with van der Waals surface area (Å²) in [4.78, 5) is 6.19. The summed E-state index contributed by atoms with van der Waals surface area (Å²) in [6.45, 7) is 8.77. The van der Waals surface area contributed by atoms with Crippen molar-refractivity contribution in [1.29, 1.82) is 0 Å². The highest BCUT2D eigenvalue weighted by Gasteiger charge is 2.12. The van der Waals surface area contributed by atoms with E-state index < -0.39 is 0 Å². The summed E-state index contributed by atoms with van der Waals surface area (Å²) in [5.74, 6) is 0. The van der Waals surface area contributed by atoms with Crippen LogP contribution < -0.4 is 4.90 Å². The molecule has 0 radical (unpaired) electrons. The van der Waals surface area contributed by atoms with E-state index >= 15 is 0 Å². The van der Waals surface area contributed by atoms with E-state index in [-0.39, 0.29) is 6.61 Å². The van der Waals surface area contributed by atoms with E-state index in [1.54, 1.807) is 12.4 Å². The minimum atomic E-state index is 0.0174. The molecule has 0 saturated heterocycles. The van der Waals surface area contributed by atoms with Crippen LogP contribution in [-0.4, -0.2) is 22.7 Å². The molecule has 0 bridgehead atoms. The van der Waals surface area contributed by atoms with Gasteiger partial charge in [0.05, 0.1) is 6.61 Å². The molecule has 0 aliphatic carbocycles. The molecule has 1 rings (SSSR count). The fraction of sp³-hybridized carbons (Fsp3) is 0.417. The standard InChI is InChI=1S/C12H18N2O/c1-4-7-14(10(2)3)12-5-6-13-8-11(12)9-15/h4-6,8,10,15H,1,7,9H2,2-3H3. The maximum Gasteiger partial charge on any atom is 0.0717 e. The van der Waals surface area contributed by atoms with Gasteiger partial charge in [0.15, 0.2) is 0 Å². The first-order valence-electron chi connectivity index (χ1n) is 5.12. The van der Waals surface area contributed by atoms with Gasteiger partial charge in [-0.05, 0) is 19.9 Å². The number of rotatable bonds is 5. The monoisotopic (exact) mass is 206 g/mol. The Morgan fingerprint density at radius 3 is 2.87 bits per heavy atom. The van der Waals surface area contributed by atoms with Gasteiger partial charge in [-0.2, -0.15) is 0 Å². The Balaban J connectivity index is 3.03. The van der Waals surface area contributed by atoms with E-state index in [1.807, 2.05) is 12.1 Å². The van der Waals surface area contributed by atoms with Crippen molar-refractivity contribution >= 4 is 5.69 Å². The third kappa shape index (κ3) is 2.80. The summed E-state index contributed by atoms with van der Waals surface area (Å²) in [6, 6.07) is 2.30. The Kier molecular flexibility index (Phi) is 4.31. The van der Waals surface area contributed by atoms with Crippen LogP contribution in [0.25, 0.3) is 0 Å². The lowest BCUT2D eigenvalue weighted by atomic mass is 10.2. The molecule has 0 aromatic carbocycles. The number of aliphatic hydroxyl groups is 1. The zero-order valence-electron chi connectivity index (χ0n) is 9.35. The molecule has 1 aromatic heterocycles. The molecular formula is C12H18N2O. The van der Waals surface area contributed by atoms with Crippen molar-refractivity contribution in [2.75, 3.05) is 11.4 Å². The Hall–Kier alpha value is -1.35. The number of aromatic nitrogens is 1. The molecule has 0 fully saturated rings. The van der Waals surface area contributed by atoms with Gasteiger partial charge in [0.1, 0.15) is 0 Å². The van der Waals surface area contributed by atoms with Gasteiger partial charge < -0.3 is 10.0 Å². The Morgan fingerprint density at radius 2 is 2.33 bits per heavy atom. The van der Waals surface area contributed by atoms with E-state index in [4.69, 9.17) is 0 Å². The van der Waals surface area contributed by atoms with E-state index in [9.17, 15) is 5.11 Å². The zero-order valence-corrected chi connectivity index (χ0v) is 9.35. The van der Waals surface area contributed by atoms with Crippen molar-refractivity contribution < 1.29 is 5.11 Å². The molecule has 0 saturated carbocycles. The summed E-state index contributed by atoms with van der Waals surface area (Å²) in [7, 11) is 0. The fourth-order valence-corrected chi connectivity index (χ4v) is 1.55. The molecule has 0 aliphatic rings. The minimum absolute atomic E-state index is 0.0174. The maximum absolute atomic E-state index is 9.22. The average molecular weight is 206 g/mol. The second kappa shape index (κ2) is 5.51. The van der Waals surface area contributed by atoms with Gasteiger partial charge in [-0.1, -0.05) is 6.08 Å². The molecule has 3 nitrogen and oxygen atoms in total. The van der Waals surface area contributed by atoms with Crippen LogP contribution in [0.1, 0.15) is 19.4 Å². The number of pyridine rings is 1. The Labute approximate surface area is 91.1 Å². The van der Waals surface area contributed by atoms with E-state index in [0.29, 0.717) is 6.04 Å². The largest absolute Gasteiger partial charge is 0.392 e. The first kappa shape index (κ1) is 11.7. The molecule has 0 aliphatic heterocycles. The first-order chi connectivity index (χ1) is 7.20. The quantitative estimate of drug-likeness (QED) is 0.748. The van der Waals surface area contributed by atoms with Crippen molar-refractivity contribution in [3.63, 3.8) is 0 Å². The van der Waals surface area contributed by atoms with Crippen LogP contribution in [0, 0.1) is 0 Å². The minimum Gasteiger partial charge on any atom is -0.392 e. The fourth-order valence-electron chi connectivity index (χ4n) is 1.55. The highest BCUT2D eigenvalue weighted by atomic mass is 16.3.